The van der Waals surface area contributed by atoms with Gasteiger partial charge in [-0.25, -0.2) is 4.99 Å². The van der Waals surface area contributed by atoms with Gasteiger partial charge in [-0.05, 0) is 67.6 Å². The van der Waals surface area contributed by atoms with E-state index >= 15 is 0 Å². The van der Waals surface area contributed by atoms with Crippen molar-refractivity contribution in [3.8, 4) is 0 Å². The number of benzene rings is 2. The molecule has 0 unspecified atom stereocenters. The number of hydrogen-bond acceptors (Lipinski definition) is 5. The van der Waals surface area contributed by atoms with Crippen LogP contribution in [-0.4, -0.2) is 33.9 Å². The van der Waals surface area contributed by atoms with Crippen LogP contribution in [0, 0.1) is 20.8 Å². The van der Waals surface area contributed by atoms with Crippen LogP contribution in [0.15, 0.2) is 47.6 Å². The molecule has 5 heteroatoms. The SMILES string of the molecule is Cc1cc2cc(N3CC[C@@]4(O)C(=O)c5cc(C)c(C)cc5N=C34)ccc2cn1. The normalized spacial score (nSPS) is 20.9. The van der Waals surface area contributed by atoms with E-state index in [-0.39, 0.29) is 5.78 Å². The maximum absolute atomic E-state index is 13.2. The first kappa shape index (κ1) is 17.1. The summed E-state index contributed by atoms with van der Waals surface area (Å²) in [5.41, 5.74) is 3.58. The molecule has 2 aromatic carbocycles. The smallest absolute Gasteiger partial charge is 0.204 e. The largest absolute Gasteiger partial charge is 0.374 e. The molecule has 28 heavy (non-hydrogen) atoms. The van der Waals surface area contributed by atoms with Crippen LogP contribution in [0.25, 0.3) is 10.8 Å². The average Bonchev–Trinajstić information content (AvgIpc) is 3.01. The summed E-state index contributed by atoms with van der Waals surface area (Å²) >= 11 is 0. The molecule has 3 heterocycles. The number of ketones is 1. The van der Waals surface area contributed by atoms with Gasteiger partial charge in [-0.1, -0.05) is 6.07 Å². The Labute approximate surface area is 163 Å². The molecule has 5 nitrogen and oxygen atoms in total. The predicted molar refractivity (Wildman–Crippen MR) is 111 cm³/mol. The molecule has 0 amide bonds. The summed E-state index contributed by atoms with van der Waals surface area (Å²) in [4.78, 5) is 24.2. The van der Waals surface area contributed by atoms with E-state index in [0.29, 0.717) is 30.1 Å². The second-order valence-electron chi connectivity index (χ2n) is 7.84. The van der Waals surface area contributed by atoms with E-state index in [4.69, 9.17) is 4.99 Å². The molecule has 1 aromatic heterocycles. The topological polar surface area (TPSA) is 65.8 Å². The third-order valence-electron chi connectivity index (χ3n) is 5.94. The van der Waals surface area contributed by atoms with Gasteiger partial charge in [0.05, 0.1) is 5.69 Å². The van der Waals surface area contributed by atoms with Gasteiger partial charge in [0.15, 0.2) is 5.60 Å². The van der Waals surface area contributed by atoms with Gasteiger partial charge >= 0.3 is 0 Å². The number of anilines is 1. The fraction of sp³-hybridized carbons (Fsp3) is 0.261. The minimum Gasteiger partial charge on any atom is -0.374 e. The van der Waals surface area contributed by atoms with Crippen molar-refractivity contribution in [2.75, 3.05) is 11.4 Å². The number of aromatic nitrogens is 1. The van der Waals surface area contributed by atoms with Crippen LogP contribution in [-0.2, 0) is 0 Å². The lowest BCUT2D eigenvalue weighted by molar-refractivity contribution is 0.0602. The Balaban J connectivity index is 1.66. The summed E-state index contributed by atoms with van der Waals surface area (Å²) in [7, 11) is 0. The Hall–Kier alpha value is -3.05. The summed E-state index contributed by atoms with van der Waals surface area (Å²) < 4.78 is 0. The number of aryl methyl sites for hydroxylation is 3. The van der Waals surface area contributed by atoms with Crippen LogP contribution in [0.4, 0.5) is 11.4 Å². The van der Waals surface area contributed by atoms with Crippen LogP contribution < -0.4 is 4.90 Å². The second-order valence-corrected chi connectivity index (χ2v) is 7.84. The highest BCUT2D eigenvalue weighted by molar-refractivity contribution is 6.28. The zero-order valence-corrected chi connectivity index (χ0v) is 16.2. The van der Waals surface area contributed by atoms with Gasteiger partial charge in [-0.3, -0.25) is 9.78 Å². The molecule has 0 spiro atoms. The number of rotatable bonds is 1. The van der Waals surface area contributed by atoms with Crippen molar-refractivity contribution >= 4 is 33.8 Å². The second kappa shape index (κ2) is 5.72. The number of carbonyl (C=O) groups is 1. The number of nitrogens with zero attached hydrogens (tertiary/aromatic N) is 3. The lowest BCUT2D eigenvalue weighted by Gasteiger charge is -2.30. The van der Waals surface area contributed by atoms with Crippen LogP contribution in [0.5, 0.6) is 0 Å². The molecule has 140 valence electrons. The van der Waals surface area contributed by atoms with Crippen LogP contribution in [0.1, 0.15) is 33.6 Å². The zero-order chi connectivity index (χ0) is 19.6. The summed E-state index contributed by atoms with van der Waals surface area (Å²) in [5.74, 6) is 0.178. The fourth-order valence-electron chi connectivity index (χ4n) is 4.15. The first-order chi connectivity index (χ1) is 13.4. The standard InChI is InChI=1S/C23H21N3O2/c1-13-8-19-20(9-14(13)2)25-22-23(28,21(19)27)6-7-26(22)18-5-4-16-12-24-15(3)10-17(16)11-18/h4-5,8-12,28H,6-7H2,1-3H3/t23-/m1/s1. The number of pyridine rings is 1. The van der Waals surface area contributed by atoms with E-state index in [1.54, 1.807) is 0 Å². The van der Waals surface area contributed by atoms with E-state index in [2.05, 4.69) is 11.1 Å². The average molecular weight is 371 g/mol. The van der Waals surface area contributed by atoms with E-state index in [0.717, 1.165) is 33.3 Å². The molecule has 5 rings (SSSR count). The molecular formula is C23H21N3O2. The van der Waals surface area contributed by atoms with Crippen LogP contribution in [0.2, 0.25) is 0 Å². The van der Waals surface area contributed by atoms with Crippen molar-refractivity contribution in [1.82, 2.24) is 4.98 Å². The van der Waals surface area contributed by atoms with Crippen molar-refractivity contribution in [1.29, 1.82) is 0 Å². The van der Waals surface area contributed by atoms with Crippen molar-refractivity contribution in [3.63, 3.8) is 0 Å². The molecule has 0 bridgehead atoms. The molecule has 1 N–H and O–H groups in total. The van der Waals surface area contributed by atoms with Crippen molar-refractivity contribution in [2.45, 2.75) is 32.8 Å². The lowest BCUT2D eigenvalue weighted by Crippen LogP contribution is -2.48. The zero-order valence-electron chi connectivity index (χ0n) is 16.2. The number of fused-ring (bicyclic) bond motifs is 3. The van der Waals surface area contributed by atoms with E-state index in [1.165, 1.54) is 0 Å². The highest BCUT2D eigenvalue weighted by Gasteiger charge is 2.52. The summed E-state index contributed by atoms with van der Waals surface area (Å²) in [6.07, 6.45) is 2.20. The quantitative estimate of drug-likeness (QED) is 0.701. The molecule has 0 saturated carbocycles. The summed E-state index contributed by atoms with van der Waals surface area (Å²) in [6.45, 7) is 6.49. The molecule has 0 aliphatic carbocycles. The summed E-state index contributed by atoms with van der Waals surface area (Å²) in [6, 6.07) is 11.9. The van der Waals surface area contributed by atoms with Crippen LogP contribution in [0.3, 0.4) is 0 Å². The molecule has 1 saturated heterocycles. The van der Waals surface area contributed by atoms with Gasteiger partial charge in [0.2, 0.25) is 5.78 Å². The Morgan fingerprint density at radius 2 is 1.82 bits per heavy atom. The van der Waals surface area contributed by atoms with E-state index < -0.39 is 5.60 Å². The number of aliphatic hydroxyl groups is 1. The van der Waals surface area contributed by atoms with Gasteiger partial charge in [-0.2, -0.15) is 0 Å². The minimum atomic E-state index is -1.56. The molecule has 1 atom stereocenters. The van der Waals surface area contributed by atoms with Gasteiger partial charge in [0.1, 0.15) is 5.84 Å². The van der Waals surface area contributed by atoms with E-state index in [1.807, 2.05) is 62.2 Å². The maximum atomic E-state index is 13.2. The Morgan fingerprint density at radius 3 is 2.64 bits per heavy atom. The molecule has 1 fully saturated rings. The van der Waals surface area contributed by atoms with Crippen molar-refractivity contribution in [3.05, 3.63) is 65.0 Å². The first-order valence-corrected chi connectivity index (χ1v) is 9.48. The Morgan fingerprint density at radius 1 is 1.04 bits per heavy atom. The van der Waals surface area contributed by atoms with Gasteiger partial charge in [0.25, 0.3) is 0 Å². The number of amidine groups is 1. The first-order valence-electron chi connectivity index (χ1n) is 9.48. The Kier molecular flexibility index (Phi) is 3.49. The van der Waals surface area contributed by atoms with Crippen molar-refractivity contribution in [2.24, 2.45) is 4.99 Å². The van der Waals surface area contributed by atoms with Gasteiger partial charge in [0, 0.05) is 41.5 Å². The minimum absolute atomic E-state index is 0.251. The monoisotopic (exact) mass is 371 g/mol. The highest BCUT2D eigenvalue weighted by atomic mass is 16.3. The molecule has 0 radical (unpaired) electrons. The summed E-state index contributed by atoms with van der Waals surface area (Å²) in [5, 5.41) is 13.4. The Bertz CT molecular complexity index is 1200. The third kappa shape index (κ3) is 2.33. The predicted octanol–water partition coefficient (Wildman–Crippen LogP) is 4.03. The highest BCUT2D eigenvalue weighted by Crippen LogP contribution is 2.40. The third-order valence-corrected chi connectivity index (χ3v) is 5.94. The molecule has 2 aliphatic rings. The molecular weight excluding hydrogens is 350 g/mol. The molecule has 3 aromatic rings. The fourth-order valence-corrected chi connectivity index (χ4v) is 4.15. The van der Waals surface area contributed by atoms with Crippen LogP contribution >= 0.6 is 0 Å². The van der Waals surface area contributed by atoms with Crippen molar-refractivity contribution < 1.29 is 9.90 Å². The number of Topliss-reactive ketones (excluding diaryl/α,β-unsaturated/α-hetero) is 1. The maximum Gasteiger partial charge on any atom is 0.204 e. The van der Waals surface area contributed by atoms with Gasteiger partial charge in [-0.15, -0.1) is 0 Å². The molecule has 2 aliphatic heterocycles. The van der Waals surface area contributed by atoms with Gasteiger partial charge < -0.3 is 10.0 Å². The number of aliphatic imine (C=N–C) groups is 1. The van der Waals surface area contributed by atoms with E-state index in [9.17, 15) is 9.90 Å². The number of carbonyl (C=O) groups excluding carboxylic acids is 1. The lowest BCUT2D eigenvalue weighted by atomic mass is 9.86. The number of hydrogen-bond donors (Lipinski definition) is 1.